The summed E-state index contributed by atoms with van der Waals surface area (Å²) < 4.78 is 0. The summed E-state index contributed by atoms with van der Waals surface area (Å²) in [6.45, 7) is 3.77. The van der Waals surface area contributed by atoms with E-state index in [9.17, 15) is 4.79 Å². The van der Waals surface area contributed by atoms with Gasteiger partial charge in [0.1, 0.15) is 0 Å². The monoisotopic (exact) mass is 257 g/mol. The van der Waals surface area contributed by atoms with Crippen LogP contribution in [0.15, 0.2) is 15.2 Å². The molecule has 4 nitrogen and oxygen atoms in total. The third-order valence-electron chi connectivity index (χ3n) is 2.33. The van der Waals surface area contributed by atoms with Crippen molar-refractivity contribution in [2.45, 2.75) is 31.6 Å². The van der Waals surface area contributed by atoms with Gasteiger partial charge in [0.05, 0.1) is 13.1 Å². The SMILES string of the molecule is CCCC1CN=C(NCc2csc(=O)[nH]2)S1. The van der Waals surface area contributed by atoms with Gasteiger partial charge < -0.3 is 10.3 Å². The molecule has 6 heteroatoms. The molecule has 1 aromatic rings. The molecule has 2 rings (SSSR count). The van der Waals surface area contributed by atoms with Crippen LogP contribution >= 0.6 is 23.1 Å². The highest BCUT2D eigenvalue weighted by molar-refractivity contribution is 8.14. The minimum atomic E-state index is 0.00155. The van der Waals surface area contributed by atoms with Crippen LogP contribution in [0.3, 0.4) is 0 Å². The maximum Gasteiger partial charge on any atom is 0.304 e. The van der Waals surface area contributed by atoms with Crippen LogP contribution in [0.4, 0.5) is 0 Å². The van der Waals surface area contributed by atoms with Crippen molar-refractivity contribution in [2.24, 2.45) is 4.99 Å². The van der Waals surface area contributed by atoms with Crippen molar-refractivity contribution in [1.82, 2.24) is 10.3 Å². The molecule has 1 atom stereocenters. The number of hydrogen-bond donors (Lipinski definition) is 2. The van der Waals surface area contributed by atoms with Crippen molar-refractivity contribution < 1.29 is 0 Å². The topological polar surface area (TPSA) is 57.2 Å². The zero-order valence-corrected chi connectivity index (χ0v) is 10.8. The fraction of sp³-hybridized carbons (Fsp3) is 0.600. The van der Waals surface area contributed by atoms with Gasteiger partial charge in [0, 0.05) is 16.3 Å². The predicted octanol–water partition coefficient (Wildman–Crippen LogP) is 1.80. The summed E-state index contributed by atoms with van der Waals surface area (Å²) in [6.07, 6.45) is 2.42. The van der Waals surface area contributed by atoms with Gasteiger partial charge in [-0.3, -0.25) is 9.79 Å². The summed E-state index contributed by atoms with van der Waals surface area (Å²) in [5.74, 6) is 0. The fourth-order valence-electron chi connectivity index (χ4n) is 1.56. The van der Waals surface area contributed by atoms with E-state index < -0.39 is 0 Å². The minimum Gasteiger partial charge on any atom is -0.359 e. The Balaban J connectivity index is 1.77. The normalized spacial score (nSPS) is 19.8. The van der Waals surface area contributed by atoms with Crippen LogP contribution in [0.2, 0.25) is 0 Å². The van der Waals surface area contributed by atoms with Crippen molar-refractivity contribution >= 4 is 28.3 Å². The molecule has 2 N–H and O–H groups in total. The summed E-state index contributed by atoms with van der Waals surface area (Å²) in [6, 6.07) is 0. The predicted molar refractivity (Wildman–Crippen MR) is 70.4 cm³/mol. The van der Waals surface area contributed by atoms with Crippen molar-refractivity contribution in [3.05, 3.63) is 20.7 Å². The molecule has 0 aliphatic carbocycles. The van der Waals surface area contributed by atoms with Crippen LogP contribution in [-0.2, 0) is 6.54 Å². The van der Waals surface area contributed by atoms with Gasteiger partial charge in [0.2, 0.25) is 0 Å². The lowest BCUT2D eigenvalue weighted by atomic mass is 10.2. The van der Waals surface area contributed by atoms with Crippen molar-refractivity contribution in [2.75, 3.05) is 6.54 Å². The number of thiazole rings is 1. The van der Waals surface area contributed by atoms with Crippen LogP contribution in [0, 0.1) is 0 Å². The average Bonchev–Trinajstić information content (AvgIpc) is 2.85. The van der Waals surface area contributed by atoms with Gasteiger partial charge in [0.15, 0.2) is 5.17 Å². The Morgan fingerprint density at radius 1 is 1.69 bits per heavy atom. The Hall–Kier alpha value is -0.750. The van der Waals surface area contributed by atoms with Crippen LogP contribution in [0.5, 0.6) is 0 Å². The number of aromatic nitrogens is 1. The van der Waals surface area contributed by atoms with E-state index in [1.165, 1.54) is 24.2 Å². The fourth-order valence-corrected chi connectivity index (χ4v) is 3.26. The standard InChI is InChI=1S/C10H15N3OS2/c1-2-3-8-5-12-9(16-8)11-4-7-6-15-10(14)13-7/h6,8H,2-5H2,1H3,(H,11,12)(H,13,14). The van der Waals surface area contributed by atoms with E-state index in [2.05, 4.69) is 22.2 Å². The molecule has 0 aromatic carbocycles. The molecular formula is C10H15N3OS2. The highest BCUT2D eigenvalue weighted by Crippen LogP contribution is 2.23. The van der Waals surface area contributed by atoms with Crippen LogP contribution < -0.4 is 10.2 Å². The molecule has 0 saturated carbocycles. The lowest BCUT2D eigenvalue weighted by molar-refractivity contribution is 0.753. The smallest absolute Gasteiger partial charge is 0.304 e. The molecule has 0 radical (unpaired) electrons. The van der Waals surface area contributed by atoms with Gasteiger partial charge in [-0.2, -0.15) is 0 Å². The number of thioether (sulfide) groups is 1. The number of H-pyrrole nitrogens is 1. The molecule has 16 heavy (non-hydrogen) atoms. The quantitative estimate of drug-likeness (QED) is 0.864. The van der Waals surface area contributed by atoms with E-state index in [-0.39, 0.29) is 4.87 Å². The van der Waals surface area contributed by atoms with Crippen LogP contribution in [-0.4, -0.2) is 21.9 Å². The number of aromatic amines is 1. The van der Waals surface area contributed by atoms with Crippen molar-refractivity contribution in [1.29, 1.82) is 0 Å². The van der Waals surface area contributed by atoms with E-state index in [0.717, 1.165) is 17.4 Å². The van der Waals surface area contributed by atoms with E-state index in [4.69, 9.17) is 0 Å². The second-order valence-electron chi connectivity index (χ2n) is 3.70. The Kier molecular flexibility index (Phi) is 4.06. The first-order valence-corrected chi connectivity index (χ1v) is 7.15. The van der Waals surface area contributed by atoms with E-state index in [1.807, 2.05) is 17.1 Å². The van der Waals surface area contributed by atoms with Crippen molar-refractivity contribution in [3.63, 3.8) is 0 Å². The molecule has 2 heterocycles. The molecule has 0 saturated heterocycles. The molecule has 0 fully saturated rings. The number of hydrogen-bond acceptors (Lipinski definition) is 5. The number of nitrogens with zero attached hydrogens (tertiary/aromatic N) is 1. The van der Waals surface area contributed by atoms with Gasteiger partial charge >= 0.3 is 4.87 Å². The minimum absolute atomic E-state index is 0.00155. The lowest BCUT2D eigenvalue weighted by Gasteiger charge is -2.06. The highest BCUT2D eigenvalue weighted by atomic mass is 32.2. The first-order chi connectivity index (χ1) is 7.78. The summed E-state index contributed by atoms with van der Waals surface area (Å²) >= 11 is 3.01. The highest BCUT2D eigenvalue weighted by Gasteiger charge is 2.18. The summed E-state index contributed by atoms with van der Waals surface area (Å²) in [5.41, 5.74) is 0.928. The number of amidine groups is 1. The third kappa shape index (κ3) is 3.12. The first kappa shape index (κ1) is 11.7. The molecule has 1 aliphatic heterocycles. The summed E-state index contributed by atoms with van der Waals surface area (Å²) in [7, 11) is 0. The van der Waals surface area contributed by atoms with E-state index >= 15 is 0 Å². The summed E-state index contributed by atoms with van der Waals surface area (Å²) in [5, 5.41) is 6.73. The summed E-state index contributed by atoms with van der Waals surface area (Å²) in [4.78, 5) is 18.1. The maximum atomic E-state index is 10.9. The third-order valence-corrected chi connectivity index (χ3v) is 4.26. The molecule has 1 aromatic heterocycles. The molecule has 88 valence electrons. The van der Waals surface area contributed by atoms with Gasteiger partial charge in [-0.15, -0.1) is 0 Å². The van der Waals surface area contributed by atoms with Crippen LogP contribution in [0.1, 0.15) is 25.5 Å². The molecular weight excluding hydrogens is 242 g/mol. The molecule has 0 amide bonds. The Labute approximate surface area is 103 Å². The number of aliphatic imine (C=N–C) groups is 1. The Bertz CT molecular complexity index is 424. The second kappa shape index (κ2) is 5.54. The largest absolute Gasteiger partial charge is 0.359 e. The first-order valence-electron chi connectivity index (χ1n) is 5.39. The zero-order chi connectivity index (χ0) is 11.4. The molecule has 1 aliphatic rings. The average molecular weight is 257 g/mol. The van der Waals surface area contributed by atoms with Gasteiger partial charge in [0.25, 0.3) is 0 Å². The second-order valence-corrected chi connectivity index (χ2v) is 5.83. The number of nitrogens with one attached hydrogen (secondary N) is 2. The zero-order valence-electron chi connectivity index (χ0n) is 9.16. The maximum absolute atomic E-state index is 10.9. The van der Waals surface area contributed by atoms with Gasteiger partial charge in [-0.25, -0.2) is 0 Å². The van der Waals surface area contributed by atoms with E-state index in [0.29, 0.717) is 11.8 Å². The van der Waals surface area contributed by atoms with Crippen molar-refractivity contribution in [3.8, 4) is 0 Å². The number of rotatable bonds is 4. The van der Waals surface area contributed by atoms with E-state index in [1.54, 1.807) is 0 Å². The molecule has 0 bridgehead atoms. The molecule has 1 unspecified atom stereocenters. The van der Waals surface area contributed by atoms with Gasteiger partial charge in [-0.05, 0) is 6.42 Å². The Morgan fingerprint density at radius 2 is 2.56 bits per heavy atom. The lowest BCUT2D eigenvalue weighted by Crippen LogP contribution is -2.19. The Morgan fingerprint density at radius 3 is 3.25 bits per heavy atom. The molecule has 0 spiro atoms. The van der Waals surface area contributed by atoms with Gasteiger partial charge in [-0.1, -0.05) is 36.4 Å². The van der Waals surface area contributed by atoms with Crippen LogP contribution in [0.25, 0.3) is 0 Å².